The molecule has 1 amide bonds. The van der Waals surface area contributed by atoms with Crippen LogP contribution >= 0.6 is 0 Å². The van der Waals surface area contributed by atoms with Crippen LogP contribution in [0.2, 0.25) is 0 Å². The van der Waals surface area contributed by atoms with Gasteiger partial charge in [-0.25, -0.2) is 22.5 Å². The largest absolute Gasteiger partial charge is 0.379 e. The highest BCUT2D eigenvalue weighted by Crippen LogP contribution is 2.42. The molecule has 3 N–H and O–H groups in total. The molecule has 1 aliphatic rings. The summed E-state index contributed by atoms with van der Waals surface area (Å²) < 4.78 is 58.0. The Hall–Kier alpha value is -3.70. The Morgan fingerprint density at radius 1 is 1.27 bits per heavy atom. The molecule has 1 aromatic carbocycles. The number of nitrogens with zero attached hydrogens (tertiary/aromatic N) is 4. The second-order valence-electron chi connectivity index (χ2n) is 8.25. The number of benzene rings is 1. The van der Waals surface area contributed by atoms with Crippen molar-refractivity contribution in [1.82, 2.24) is 24.6 Å². The number of alkyl halides is 3. The lowest BCUT2D eigenvalue weighted by Crippen LogP contribution is -2.15. The third-order valence-electron chi connectivity index (χ3n) is 5.43. The highest BCUT2D eigenvalue weighted by Gasteiger charge is 2.43. The Balaban J connectivity index is 1.62. The van der Waals surface area contributed by atoms with Crippen LogP contribution in [-0.2, 0) is 4.79 Å². The smallest absolute Gasteiger partial charge is 0.267 e. The molecule has 4 aromatic rings. The molecular formula is C21H19F4N7O. The van der Waals surface area contributed by atoms with Crippen molar-refractivity contribution in [1.29, 1.82) is 0 Å². The van der Waals surface area contributed by atoms with Crippen molar-refractivity contribution in [3.63, 3.8) is 0 Å². The standard InChI is InChI=1S/C21H19F4N7O/c1-8(2)28-19-17(23)16(20(24)25)15(10-4-27-31-18(10)19)12-6-32-7-13(29-14(32)5-26-12)30-21(33)9-3-11(9)22/h4-9,11,20,28H,3H2,1-2H3,(H,27,31)(H,30,33)/t9-,11+/m1/s1. The number of carbonyl (C=O) groups is 1. The van der Waals surface area contributed by atoms with E-state index in [-0.39, 0.29) is 46.1 Å². The van der Waals surface area contributed by atoms with E-state index in [1.807, 2.05) is 0 Å². The lowest BCUT2D eigenvalue weighted by Gasteiger charge is -2.18. The molecule has 1 saturated carbocycles. The van der Waals surface area contributed by atoms with Gasteiger partial charge in [-0.3, -0.25) is 14.9 Å². The van der Waals surface area contributed by atoms with Gasteiger partial charge in [-0.1, -0.05) is 0 Å². The van der Waals surface area contributed by atoms with Gasteiger partial charge in [0.05, 0.1) is 47.0 Å². The zero-order chi connectivity index (χ0) is 23.4. The Kier molecular flexibility index (Phi) is 4.94. The Labute approximate surface area is 184 Å². The first-order valence-electron chi connectivity index (χ1n) is 10.3. The number of amides is 1. The van der Waals surface area contributed by atoms with Crippen LogP contribution in [0.1, 0.15) is 32.3 Å². The molecule has 2 atom stereocenters. The second-order valence-corrected chi connectivity index (χ2v) is 8.25. The van der Waals surface area contributed by atoms with Crippen molar-refractivity contribution in [2.75, 3.05) is 10.6 Å². The highest BCUT2D eigenvalue weighted by molar-refractivity contribution is 6.02. The molecule has 0 saturated heterocycles. The van der Waals surface area contributed by atoms with Crippen molar-refractivity contribution in [3.8, 4) is 11.3 Å². The SMILES string of the molecule is CC(C)Nc1c(F)c(C(F)F)c(-c2cn3cc(NC(=O)[C@@H]4C[C@@H]4F)nc3cn2)c2cn[nH]c12. The number of carbonyl (C=O) groups excluding carboxylic acids is 1. The third kappa shape index (κ3) is 3.64. The summed E-state index contributed by atoms with van der Waals surface area (Å²) in [6.07, 6.45) is 1.44. The molecule has 172 valence electrons. The van der Waals surface area contributed by atoms with Crippen LogP contribution in [0.3, 0.4) is 0 Å². The minimum atomic E-state index is -3.12. The van der Waals surface area contributed by atoms with Crippen molar-refractivity contribution in [2.45, 2.75) is 38.9 Å². The average Bonchev–Trinajstić information content (AvgIpc) is 3.12. The molecule has 12 heteroatoms. The fourth-order valence-electron chi connectivity index (χ4n) is 3.81. The number of H-pyrrole nitrogens is 1. The number of hydrogen-bond donors (Lipinski definition) is 3. The van der Waals surface area contributed by atoms with Crippen LogP contribution < -0.4 is 10.6 Å². The number of imidazole rings is 1. The van der Waals surface area contributed by atoms with Gasteiger partial charge >= 0.3 is 0 Å². The summed E-state index contributed by atoms with van der Waals surface area (Å²) in [5.74, 6) is -2.08. The number of halogens is 4. The Morgan fingerprint density at radius 3 is 2.70 bits per heavy atom. The molecule has 5 rings (SSSR count). The number of aromatic amines is 1. The van der Waals surface area contributed by atoms with Crippen LogP contribution in [-0.4, -0.2) is 42.7 Å². The normalized spacial score (nSPS) is 17.9. The molecule has 0 radical (unpaired) electrons. The topological polar surface area (TPSA) is 100 Å². The maximum Gasteiger partial charge on any atom is 0.267 e. The molecule has 0 aliphatic heterocycles. The van der Waals surface area contributed by atoms with E-state index in [1.54, 1.807) is 13.8 Å². The van der Waals surface area contributed by atoms with Crippen molar-refractivity contribution < 1.29 is 22.4 Å². The van der Waals surface area contributed by atoms with Gasteiger partial charge in [0.2, 0.25) is 5.91 Å². The second kappa shape index (κ2) is 7.71. The third-order valence-corrected chi connectivity index (χ3v) is 5.43. The molecule has 8 nitrogen and oxygen atoms in total. The number of anilines is 2. The number of nitrogens with one attached hydrogen (secondary N) is 3. The summed E-state index contributed by atoms with van der Waals surface area (Å²) in [7, 11) is 0. The van der Waals surface area contributed by atoms with Crippen LogP contribution in [0.15, 0.2) is 24.8 Å². The van der Waals surface area contributed by atoms with Crippen molar-refractivity contribution >= 4 is 34.0 Å². The lowest BCUT2D eigenvalue weighted by molar-refractivity contribution is -0.117. The van der Waals surface area contributed by atoms with Gasteiger partial charge < -0.3 is 15.0 Å². The average molecular weight is 461 g/mol. The number of fused-ring (bicyclic) bond motifs is 2. The molecule has 1 fully saturated rings. The lowest BCUT2D eigenvalue weighted by atomic mass is 9.98. The predicted octanol–water partition coefficient (Wildman–Crippen LogP) is 4.47. The summed E-state index contributed by atoms with van der Waals surface area (Å²) >= 11 is 0. The summed E-state index contributed by atoms with van der Waals surface area (Å²) in [5, 5.41) is 12.3. The maximum absolute atomic E-state index is 15.3. The Bertz CT molecular complexity index is 1380. The number of aromatic nitrogens is 5. The first kappa shape index (κ1) is 21.2. The van der Waals surface area contributed by atoms with Gasteiger partial charge in [-0.15, -0.1) is 0 Å². The summed E-state index contributed by atoms with van der Waals surface area (Å²) in [4.78, 5) is 20.4. The van der Waals surface area contributed by atoms with E-state index >= 15 is 4.39 Å². The number of hydrogen-bond acceptors (Lipinski definition) is 5. The molecule has 3 heterocycles. The monoisotopic (exact) mass is 461 g/mol. The van der Waals surface area contributed by atoms with E-state index in [9.17, 15) is 18.0 Å². The van der Waals surface area contributed by atoms with Crippen LogP contribution in [0.25, 0.3) is 27.8 Å². The molecular weight excluding hydrogens is 442 g/mol. The first-order valence-corrected chi connectivity index (χ1v) is 10.3. The summed E-state index contributed by atoms with van der Waals surface area (Å²) in [5.41, 5.74) is -0.346. The summed E-state index contributed by atoms with van der Waals surface area (Å²) in [6, 6.07) is -0.209. The van der Waals surface area contributed by atoms with Crippen LogP contribution in [0, 0.1) is 11.7 Å². The predicted molar refractivity (Wildman–Crippen MR) is 113 cm³/mol. The molecule has 0 unspecified atom stereocenters. The van der Waals surface area contributed by atoms with Gasteiger partial charge in [0.1, 0.15) is 6.17 Å². The highest BCUT2D eigenvalue weighted by atomic mass is 19.3. The van der Waals surface area contributed by atoms with Gasteiger partial charge in [0.25, 0.3) is 6.43 Å². The van der Waals surface area contributed by atoms with Gasteiger partial charge in [-0.2, -0.15) is 5.10 Å². The van der Waals surface area contributed by atoms with Crippen LogP contribution in [0.4, 0.5) is 29.1 Å². The fraction of sp³-hybridized carbons (Fsp3) is 0.333. The van der Waals surface area contributed by atoms with Crippen molar-refractivity contribution in [3.05, 3.63) is 36.2 Å². The minimum absolute atomic E-state index is 0.0699. The summed E-state index contributed by atoms with van der Waals surface area (Å²) in [6.45, 7) is 3.53. The van der Waals surface area contributed by atoms with Gasteiger partial charge in [0.15, 0.2) is 17.3 Å². The molecule has 0 spiro atoms. The fourth-order valence-corrected chi connectivity index (χ4v) is 3.81. The quantitative estimate of drug-likeness (QED) is 0.368. The van der Waals surface area contributed by atoms with E-state index in [0.29, 0.717) is 5.65 Å². The van der Waals surface area contributed by atoms with Gasteiger partial charge in [0, 0.05) is 23.2 Å². The van der Waals surface area contributed by atoms with Crippen molar-refractivity contribution in [2.24, 2.45) is 5.92 Å². The molecule has 3 aromatic heterocycles. The van der Waals surface area contributed by atoms with Crippen LogP contribution in [0.5, 0.6) is 0 Å². The number of rotatable bonds is 6. The van der Waals surface area contributed by atoms with E-state index in [4.69, 9.17) is 0 Å². The van der Waals surface area contributed by atoms with E-state index in [1.165, 1.54) is 29.2 Å². The molecule has 0 bridgehead atoms. The van der Waals surface area contributed by atoms with E-state index < -0.39 is 35.8 Å². The van der Waals surface area contributed by atoms with Gasteiger partial charge in [-0.05, 0) is 20.3 Å². The molecule has 1 aliphatic carbocycles. The zero-order valence-electron chi connectivity index (χ0n) is 17.5. The minimum Gasteiger partial charge on any atom is -0.379 e. The molecule has 33 heavy (non-hydrogen) atoms. The zero-order valence-corrected chi connectivity index (χ0v) is 17.5. The van der Waals surface area contributed by atoms with E-state index in [2.05, 4.69) is 30.8 Å². The maximum atomic E-state index is 15.3. The first-order chi connectivity index (χ1) is 15.7. The van der Waals surface area contributed by atoms with E-state index in [0.717, 1.165) is 0 Å². The Morgan fingerprint density at radius 2 is 2.03 bits per heavy atom.